The molecule has 5 nitrogen and oxygen atoms in total. The fourth-order valence-electron chi connectivity index (χ4n) is 4.93. The topological polar surface area (TPSA) is 49.3 Å². The second kappa shape index (κ2) is 9.21. The summed E-state index contributed by atoms with van der Waals surface area (Å²) in [5, 5.41) is 0. The third-order valence-corrected chi connectivity index (χ3v) is 6.71. The van der Waals surface area contributed by atoms with Gasteiger partial charge in [0, 0.05) is 43.2 Å². The second-order valence-corrected chi connectivity index (χ2v) is 8.96. The van der Waals surface area contributed by atoms with Crippen LogP contribution in [0.2, 0.25) is 0 Å². The summed E-state index contributed by atoms with van der Waals surface area (Å²) >= 11 is 0. The second-order valence-electron chi connectivity index (χ2n) is 8.96. The van der Waals surface area contributed by atoms with Crippen molar-refractivity contribution in [2.75, 3.05) is 24.5 Å². The number of hydrogen-bond donors (Lipinski definition) is 0. The summed E-state index contributed by atoms with van der Waals surface area (Å²) in [6, 6.07) is 21.0. The van der Waals surface area contributed by atoms with Crippen molar-refractivity contribution >= 4 is 11.7 Å². The van der Waals surface area contributed by atoms with Crippen LogP contribution in [0.5, 0.6) is 0 Å². The lowest BCUT2D eigenvalue weighted by molar-refractivity contribution is -0.118. The first kappa shape index (κ1) is 20.8. The Morgan fingerprint density at radius 2 is 1.66 bits per heavy atom. The molecule has 5 heteroatoms. The maximum absolute atomic E-state index is 12.8. The Morgan fingerprint density at radius 1 is 0.938 bits per heavy atom. The van der Waals surface area contributed by atoms with Crippen LogP contribution in [0.15, 0.2) is 60.7 Å². The van der Waals surface area contributed by atoms with Crippen LogP contribution >= 0.6 is 0 Å². The third kappa shape index (κ3) is 4.44. The molecule has 2 aromatic carbocycles. The van der Waals surface area contributed by atoms with Crippen molar-refractivity contribution in [3.63, 3.8) is 0 Å². The van der Waals surface area contributed by atoms with E-state index in [0.717, 1.165) is 61.8 Å². The minimum absolute atomic E-state index is 0.176. The lowest BCUT2D eigenvalue weighted by Gasteiger charge is -2.30. The zero-order chi connectivity index (χ0) is 21.9. The van der Waals surface area contributed by atoms with Crippen LogP contribution in [0.4, 0.5) is 5.82 Å². The van der Waals surface area contributed by atoms with Crippen LogP contribution < -0.4 is 4.90 Å². The van der Waals surface area contributed by atoms with E-state index in [1.54, 1.807) is 0 Å². The maximum atomic E-state index is 12.8. The normalized spacial score (nSPS) is 18.7. The molecule has 0 spiro atoms. The van der Waals surface area contributed by atoms with Gasteiger partial charge in [0.2, 0.25) is 5.91 Å². The highest BCUT2D eigenvalue weighted by molar-refractivity contribution is 5.95. The van der Waals surface area contributed by atoms with Gasteiger partial charge in [-0.2, -0.15) is 0 Å². The van der Waals surface area contributed by atoms with Crippen molar-refractivity contribution in [1.29, 1.82) is 0 Å². The first-order chi connectivity index (χ1) is 15.7. The molecule has 0 unspecified atom stereocenters. The summed E-state index contributed by atoms with van der Waals surface area (Å²) in [6.07, 6.45) is 3.17. The van der Waals surface area contributed by atoms with E-state index >= 15 is 0 Å². The summed E-state index contributed by atoms with van der Waals surface area (Å²) in [7, 11) is 0. The van der Waals surface area contributed by atoms with Crippen LogP contribution in [-0.4, -0.2) is 40.4 Å². The molecular formula is C27H30N4O. The minimum atomic E-state index is 0.176. The van der Waals surface area contributed by atoms with Gasteiger partial charge in [0.1, 0.15) is 11.6 Å². The molecule has 5 rings (SSSR count). The number of nitrogens with zero attached hydrogens (tertiary/aromatic N) is 4. The molecule has 164 valence electrons. The minimum Gasteiger partial charge on any atom is -0.298 e. The van der Waals surface area contributed by atoms with Gasteiger partial charge in [0.05, 0.1) is 0 Å². The summed E-state index contributed by atoms with van der Waals surface area (Å²) < 4.78 is 0. The van der Waals surface area contributed by atoms with Crippen molar-refractivity contribution in [3.8, 4) is 0 Å². The number of carbonyl (C=O) groups excluding carboxylic acids is 1. The molecule has 1 atom stereocenters. The summed E-state index contributed by atoms with van der Waals surface area (Å²) in [5.41, 5.74) is 4.75. The van der Waals surface area contributed by atoms with E-state index in [1.165, 1.54) is 11.1 Å². The number of amides is 1. The Morgan fingerprint density at radius 3 is 2.41 bits per heavy atom. The number of anilines is 1. The highest BCUT2D eigenvalue weighted by Gasteiger charge is 2.31. The van der Waals surface area contributed by atoms with Gasteiger partial charge in [-0.1, -0.05) is 60.7 Å². The van der Waals surface area contributed by atoms with E-state index < -0.39 is 0 Å². The summed E-state index contributed by atoms with van der Waals surface area (Å²) in [4.78, 5) is 27.1. The first-order valence-corrected chi connectivity index (χ1v) is 11.7. The first-order valence-electron chi connectivity index (χ1n) is 11.7. The van der Waals surface area contributed by atoms with Crippen LogP contribution in [0.3, 0.4) is 0 Å². The van der Waals surface area contributed by atoms with Crippen molar-refractivity contribution in [1.82, 2.24) is 14.9 Å². The van der Waals surface area contributed by atoms with E-state index in [1.807, 2.05) is 23.1 Å². The average Bonchev–Trinajstić information content (AvgIpc) is 3.28. The molecule has 1 fully saturated rings. The lowest BCUT2D eigenvalue weighted by atomic mass is 10.0. The zero-order valence-electron chi connectivity index (χ0n) is 18.7. The number of fused-ring (bicyclic) bond motifs is 1. The molecule has 32 heavy (non-hydrogen) atoms. The van der Waals surface area contributed by atoms with Gasteiger partial charge in [0.25, 0.3) is 0 Å². The number of likely N-dealkylation sites (tertiary alicyclic amines) is 1. The van der Waals surface area contributed by atoms with Gasteiger partial charge < -0.3 is 0 Å². The van der Waals surface area contributed by atoms with Crippen LogP contribution in [0.25, 0.3) is 0 Å². The molecule has 1 aromatic heterocycles. The van der Waals surface area contributed by atoms with Gasteiger partial charge in [-0.15, -0.1) is 0 Å². The number of rotatable bonds is 6. The number of aromatic nitrogens is 2. The fraction of sp³-hybridized carbons (Fsp3) is 0.370. The van der Waals surface area contributed by atoms with Gasteiger partial charge >= 0.3 is 0 Å². The molecule has 1 amide bonds. The molecule has 0 bridgehead atoms. The van der Waals surface area contributed by atoms with E-state index in [-0.39, 0.29) is 5.91 Å². The van der Waals surface area contributed by atoms with Gasteiger partial charge in [0.15, 0.2) is 0 Å². The number of hydrogen-bond acceptors (Lipinski definition) is 4. The molecule has 0 aliphatic carbocycles. The molecular weight excluding hydrogens is 396 g/mol. The van der Waals surface area contributed by atoms with Gasteiger partial charge in [-0.05, 0) is 43.9 Å². The van der Waals surface area contributed by atoms with E-state index in [0.29, 0.717) is 18.9 Å². The highest BCUT2D eigenvalue weighted by Crippen LogP contribution is 2.32. The predicted molar refractivity (Wildman–Crippen MR) is 127 cm³/mol. The number of aryl methyl sites for hydroxylation is 1. The van der Waals surface area contributed by atoms with Crippen LogP contribution in [0.1, 0.15) is 47.0 Å². The standard InChI is InChI=1S/C27H30N4O/c1-20-24-12-13-25(32)31(17-14-21-8-4-2-5-9-21)27(24)29-26(28-20)23-15-16-30(19-23)18-22-10-6-3-7-11-22/h2-11,23H,12-19H2,1H3/t23-/m1/s1. The predicted octanol–water partition coefficient (Wildman–Crippen LogP) is 4.30. The lowest BCUT2D eigenvalue weighted by Crippen LogP contribution is -2.38. The Kier molecular flexibility index (Phi) is 5.99. The van der Waals surface area contributed by atoms with Gasteiger partial charge in [-0.25, -0.2) is 9.97 Å². The highest BCUT2D eigenvalue weighted by atomic mass is 16.2. The van der Waals surface area contributed by atoms with Crippen molar-refractivity contribution in [3.05, 3.63) is 88.9 Å². The molecule has 0 N–H and O–H groups in total. The summed E-state index contributed by atoms with van der Waals surface area (Å²) in [6.45, 7) is 5.71. The molecule has 2 aliphatic rings. The zero-order valence-corrected chi connectivity index (χ0v) is 18.7. The Hall–Kier alpha value is -3.05. The number of benzene rings is 2. The molecule has 0 radical (unpaired) electrons. The van der Waals surface area contributed by atoms with E-state index in [9.17, 15) is 4.79 Å². The molecule has 3 heterocycles. The smallest absolute Gasteiger partial charge is 0.228 e. The van der Waals surface area contributed by atoms with Crippen LogP contribution in [-0.2, 0) is 24.2 Å². The van der Waals surface area contributed by atoms with Crippen molar-refractivity contribution < 1.29 is 4.79 Å². The molecule has 1 saturated heterocycles. The van der Waals surface area contributed by atoms with Crippen molar-refractivity contribution in [2.45, 2.75) is 45.1 Å². The van der Waals surface area contributed by atoms with Crippen LogP contribution in [0, 0.1) is 6.92 Å². The average molecular weight is 427 g/mol. The number of carbonyl (C=O) groups is 1. The van der Waals surface area contributed by atoms with E-state index in [4.69, 9.17) is 9.97 Å². The molecule has 0 saturated carbocycles. The summed E-state index contributed by atoms with van der Waals surface area (Å²) in [5.74, 6) is 2.24. The third-order valence-electron chi connectivity index (χ3n) is 6.71. The SMILES string of the molecule is Cc1nc([C@@H]2CCN(Cc3ccccc3)C2)nc2c1CCC(=O)N2CCc1ccccc1. The molecule has 2 aliphatic heterocycles. The maximum Gasteiger partial charge on any atom is 0.228 e. The largest absolute Gasteiger partial charge is 0.298 e. The van der Waals surface area contributed by atoms with Crippen molar-refractivity contribution in [2.24, 2.45) is 0 Å². The Bertz CT molecular complexity index is 1080. The molecule has 3 aromatic rings. The fourth-order valence-corrected chi connectivity index (χ4v) is 4.93. The van der Waals surface area contributed by atoms with Gasteiger partial charge in [-0.3, -0.25) is 14.6 Å². The quantitative estimate of drug-likeness (QED) is 0.590. The monoisotopic (exact) mass is 426 g/mol. The Balaban J connectivity index is 1.34. The van der Waals surface area contributed by atoms with E-state index in [2.05, 4.69) is 54.3 Å². The Labute approximate surface area is 190 Å².